The molecule has 4 unspecified atom stereocenters. The lowest BCUT2D eigenvalue weighted by molar-refractivity contribution is -0.161. The molecule has 0 heterocycles. The molecular formula is C75H146O17P2. The molecule has 0 saturated carbocycles. The van der Waals surface area contributed by atoms with Gasteiger partial charge in [-0.15, -0.1) is 0 Å². The van der Waals surface area contributed by atoms with Crippen LogP contribution in [0.25, 0.3) is 0 Å². The van der Waals surface area contributed by atoms with Gasteiger partial charge in [-0.1, -0.05) is 325 Å². The Morgan fingerprint density at radius 2 is 0.511 bits per heavy atom. The molecule has 0 bridgehead atoms. The number of unbranched alkanes of at least 4 members (excludes halogenated alkanes) is 36. The van der Waals surface area contributed by atoms with Crippen molar-refractivity contribution in [1.82, 2.24) is 0 Å². The van der Waals surface area contributed by atoms with E-state index in [1.54, 1.807) is 0 Å². The molecule has 0 saturated heterocycles. The van der Waals surface area contributed by atoms with Gasteiger partial charge in [0.15, 0.2) is 12.2 Å². The van der Waals surface area contributed by atoms with Gasteiger partial charge in [-0.05, 0) is 49.4 Å². The fourth-order valence-electron chi connectivity index (χ4n) is 11.3. The zero-order valence-electron chi connectivity index (χ0n) is 61.6. The second-order valence-corrected chi connectivity index (χ2v) is 31.4. The van der Waals surface area contributed by atoms with Crippen molar-refractivity contribution in [3.63, 3.8) is 0 Å². The Balaban J connectivity index is 5.20. The van der Waals surface area contributed by atoms with E-state index in [0.29, 0.717) is 25.7 Å². The van der Waals surface area contributed by atoms with Crippen molar-refractivity contribution in [2.75, 3.05) is 39.6 Å². The van der Waals surface area contributed by atoms with E-state index < -0.39 is 97.5 Å². The molecule has 0 radical (unpaired) electrons. The van der Waals surface area contributed by atoms with E-state index in [1.807, 2.05) is 0 Å². The van der Waals surface area contributed by atoms with Gasteiger partial charge in [0.05, 0.1) is 26.4 Å². The number of rotatable bonds is 72. The summed E-state index contributed by atoms with van der Waals surface area (Å²) in [5, 5.41) is 10.6. The summed E-state index contributed by atoms with van der Waals surface area (Å²) < 4.78 is 68.4. The summed E-state index contributed by atoms with van der Waals surface area (Å²) in [6.45, 7) is 14.2. The van der Waals surface area contributed by atoms with Crippen LogP contribution in [0, 0.1) is 23.7 Å². The van der Waals surface area contributed by atoms with Crippen molar-refractivity contribution in [3.05, 3.63) is 0 Å². The maximum Gasteiger partial charge on any atom is 0.472 e. The molecular weight excluding hydrogens is 1230 g/mol. The number of carbonyl (C=O) groups excluding carboxylic acids is 4. The molecule has 19 heteroatoms. The highest BCUT2D eigenvalue weighted by Gasteiger charge is 2.30. The molecule has 94 heavy (non-hydrogen) atoms. The molecule has 3 N–H and O–H groups in total. The SMILES string of the molecule is CCC(C)CCCCCCCCCCCCC(=O)O[C@H](COC(=O)CCCCCCCCC(C)CC)COP(=O)(O)OC[C@H](O)COP(=O)(O)OC[C@@H](COC(=O)CCCCCCCCCCCCCCCCCCC(C)C)OC(=O)CCCCCCCCCCC(C)C. The van der Waals surface area contributed by atoms with Gasteiger partial charge in [0.2, 0.25) is 0 Å². The summed E-state index contributed by atoms with van der Waals surface area (Å²) in [6, 6.07) is 0. The van der Waals surface area contributed by atoms with Gasteiger partial charge in [0.25, 0.3) is 0 Å². The molecule has 0 rings (SSSR count). The maximum absolute atomic E-state index is 13.1. The number of aliphatic hydroxyl groups is 1. The smallest absolute Gasteiger partial charge is 0.462 e. The van der Waals surface area contributed by atoms with E-state index in [0.717, 1.165) is 120 Å². The number of ether oxygens (including phenoxy) is 4. The van der Waals surface area contributed by atoms with Crippen molar-refractivity contribution in [2.24, 2.45) is 23.7 Å². The van der Waals surface area contributed by atoms with Crippen LogP contribution in [0.4, 0.5) is 0 Å². The second kappa shape index (κ2) is 64.4. The second-order valence-electron chi connectivity index (χ2n) is 28.5. The Hall–Kier alpha value is -1.94. The molecule has 0 aliphatic carbocycles. The van der Waals surface area contributed by atoms with E-state index in [2.05, 4.69) is 55.4 Å². The lowest BCUT2D eigenvalue weighted by Crippen LogP contribution is -2.30. The number of phosphoric acid groups is 2. The summed E-state index contributed by atoms with van der Waals surface area (Å²) in [7, 11) is -9.91. The van der Waals surface area contributed by atoms with Crippen LogP contribution < -0.4 is 0 Å². The number of esters is 4. The molecule has 0 aromatic rings. The first-order valence-electron chi connectivity index (χ1n) is 38.8. The summed E-state index contributed by atoms with van der Waals surface area (Å²) >= 11 is 0. The zero-order chi connectivity index (χ0) is 69.6. The summed E-state index contributed by atoms with van der Waals surface area (Å²) in [6.07, 6.45) is 48.6. The fourth-order valence-corrected chi connectivity index (χ4v) is 12.9. The van der Waals surface area contributed by atoms with E-state index in [-0.39, 0.29) is 25.7 Å². The highest BCUT2D eigenvalue weighted by molar-refractivity contribution is 7.47. The predicted octanol–water partition coefficient (Wildman–Crippen LogP) is 21.7. The number of carbonyl (C=O) groups is 4. The molecule has 0 spiro atoms. The van der Waals surface area contributed by atoms with Gasteiger partial charge in [-0.2, -0.15) is 0 Å². The van der Waals surface area contributed by atoms with Gasteiger partial charge >= 0.3 is 39.5 Å². The number of hydrogen-bond acceptors (Lipinski definition) is 15. The van der Waals surface area contributed by atoms with Gasteiger partial charge in [-0.3, -0.25) is 37.3 Å². The molecule has 0 aliphatic rings. The van der Waals surface area contributed by atoms with Crippen LogP contribution in [-0.4, -0.2) is 96.7 Å². The Morgan fingerprint density at radius 3 is 0.755 bits per heavy atom. The van der Waals surface area contributed by atoms with Crippen molar-refractivity contribution in [1.29, 1.82) is 0 Å². The van der Waals surface area contributed by atoms with E-state index >= 15 is 0 Å². The number of hydrogen-bond donors (Lipinski definition) is 3. The molecule has 0 aromatic heterocycles. The van der Waals surface area contributed by atoms with Crippen LogP contribution in [0.3, 0.4) is 0 Å². The molecule has 0 aromatic carbocycles. The first kappa shape index (κ1) is 92.1. The first-order valence-corrected chi connectivity index (χ1v) is 41.8. The predicted molar refractivity (Wildman–Crippen MR) is 381 cm³/mol. The molecule has 0 amide bonds. The van der Waals surface area contributed by atoms with Crippen LogP contribution in [0.15, 0.2) is 0 Å². The van der Waals surface area contributed by atoms with Crippen LogP contribution >= 0.6 is 15.6 Å². The lowest BCUT2D eigenvalue weighted by Gasteiger charge is -2.21. The van der Waals surface area contributed by atoms with Crippen molar-refractivity contribution < 1.29 is 80.2 Å². The average Bonchev–Trinajstić information content (AvgIpc) is 1.50. The lowest BCUT2D eigenvalue weighted by atomic mass is 9.99. The molecule has 0 fully saturated rings. The molecule has 558 valence electrons. The normalized spacial score (nSPS) is 14.7. The minimum absolute atomic E-state index is 0.104. The van der Waals surface area contributed by atoms with Crippen LogP contribution in [0.1, 0.15) is 376 Å². The van der Waals surface area contributed by atoms with Crippen LogP contribution in [0.2, 0.25) is 0 Å². The summed E-state index contributed by atoms with van der Waals surface area (Å²) in [4.78, 5) is 72.7. The third-order valence-corrected chi connectivity index (χ3v) is 19.9. The Labute approximate surface area is 575 Å². The Kier molecular flexibility index (Phi) is 63.1. The highest BCUT2D eigenvalue weighted by atomic mass is 31.2. The minimum Gasteiger partial charge on any atom is -0.462 e. The van der Waals surface area contributed by atoms with Gasteiger partial charge in [0, 0.05) is 25.7 Å². The van der Waals surface area contributed by atoms with Gasteiger partial charge < -0.3 is 33.8 Å². The third-order valence-electron chi connectivity index (χ3n) is 18.0. The largest absolute Gasteiger partial charge is 0.472 e. The van der Waals surface area contributed by atoms with Crippen LogP contribution in [-0.2, 0) is 65.4 Å². The monoisotopic (exact) mass is 1380 g/mol. The Morgan fingerprint density at radius 1 is 0.298 bits per heavy atom. The van der Waals surface area contributed by atoms with E-state index in [4.69, 9.17) is 37.0 Å². The van der Waals surface area contributed by atoms with E-state index in [1.165, 1.54) is 173 Å². The number of aliphatic hydroxyl groups excluding tert-OH is 1. The standard InChI is InChI=1S/C75H146O17P2/c1-9-67(7)53-45-37-29-22-19-20-24-31-41-49-57-74(79)91-71(62-86-73(78)56-48-40-34-33-38-46-54-68(8)10-2)64-90-94(83,84)88-60-69(76)59-87-93(81,82)89-63-70(92-75(80)58-50-42-32-26-25-28-36-44-52-66(5)6)61-85-72(77)55-47-39-30-23-18-16-14-12-11-13-15-17-21-27-35-43-51-65(3)4/h65-71,76H,9-64H2,1-8H3,(H,81,82)(H,83,84)/t67?,68?,69-,70-,71-/m1/s1. The van der Waals surface area contributed by atoms with Crippen molar-refractivity contribution in [2.45, 2.75) is 395 Å². The van der Waals surface area contributed by atoms with Crippen molar-refractivity contribution in [3.8, 4) is 0 Å². The van der Waals surface area contributed by atoms with Gasteiger partial charge in [0.1, 0.15) is 19.3 Å². The van der Waals surface area contributed by atoms with Crippen molar-refractivity contribution >= 4 is 39.5 Å². The average molecular weight is 1380 g/mol. The third kappa shape index (κ3) is 66.0. The fraction of sp³-hybridized carbons (Fsp3) is 0.947. The first-order chi connectivity index (χ1) is 45.2. The van der Waals surface area contributed by atoms with Gasteiger partial charge in [-0.25, -0.2) is 9.13 Å². The quantitative estimate of drug-likeness (QED) is 0.0222. The molecule has 7 atom stereocenters. The summed E-state index contributed by atoms with van der Waals surface area (Å²) in [5.41, 5.74) is 0. The summed E-state index contributed by atoms with van der Waals surface area (Å²) in [5.74, 6) is 0.939. The molecule has 17 nitrogen and oxygen atoms in total. The van der Waals surface area contributed by atoms with Crippen LogP contribution in [0.5, 0.6) is 0 Å². The molecule has 0 aliphatic heterocycles. The zero-order valence-corrected chi connectivity index (χ0v) is 63.4. The Bertz CT molecular complexity index is 1850. The minimum atomic E-state index is -4.96. The van der Waals surface area contributed by atoms with E-state index in [9.17, 15) is 43.2 Å². The maximum atomic E-state index is 13.1. The topological polar surface area (TPSA) is 237 Å². The highest BCUT2D eigenvalue weighted by Crippen LogP contribution is 2.45. The number of phosphoric ester groups is 2.